The third kappa shape index (κ3) is 5.11. The smallest absolute Gasteiger partial charge is 0.244 e. The van der Waals surface area contributed by atoms with Crippen LogP contribution in [0.1, 0.15) is 19.8 Å². The molecule has 0 aromatic carbocycles. The Hall–Kier alpha value is -1.22. The van der Waals surface area contributed by atoms with E-state index in [2.05, 4.69) is 22.1 Å². The predicted octanol–water partition coefficient (Wildman–Crippen LogP) is 0.462. The summed E-state index contributed by atoms with van der Waals surface area (Å²) >= 11 is 0. The number of rotatable bonds is 9. The fourth-order valence-electron chi connectivity index (χ4n) is 1.39. The van der Waals surface area contributed by atoms with Gasteiger partial charge in [-0.25, -0.2) is 13.1 Å². The number of nitrogens with zero attached hydrogens (tertiary/aromatic N) is 1. The van der Waals surface area contributed by atoms with Crippen LogP contribution in [0.2, 0.25) is 0 Å². The molecule has 4 N–H and O–H groups in total. The number of anilines is 1. The molecule has 0 aliphatic carbocycles. The Morgan fingerprint density at radius 2 is 2.21 bits per heavy atom. The summed E-state index contributed by atoms with van der Waals surface area (Å²) in [6.07, 6.45) is 4.72. The van der Waals surface area contributed by atoms with Crippen molar-refractivity contribution in [1.29, 1.82) is 0 Å². The summed E-state index contributed by atoms with van der Waals surface area (Å²) in [7, 11) is -3.63. The Kier molecular flexibility index (Phi) is 6.71. The highest BCUT2D eigenvalue weighted by Crippen LogP contribution is 2.17. The molecule has 1 heterocycles. The van der Waals surface area contributed by atoms with E-state index in [1.54, 1.807) is 0 Å². The van der Waals surface area contributed by atoms with Gasteiger partial charge in [0.1, 0.15) is 4.90 Å². The molecular formula is C11H20N4O3S. The third-order valence-electron chi connectivity index (χ3n) is 2.41. The van der Waals surface area contributed by atoms with E-state index in [0.717, 1.165) is 12.8 Å². The summed E-state index contributed by atoms with van der Waals surface area (Å²) < 4.78 is 31.7. The summed E-state index contributed by atoms with van der Waals surface area (Å²) in [5.74, 6) is 5.26. The van der Waals surface area contributed by atoms with Gasteiger partial charge in [-0.15, -0.1) is 0 Å². The van der Waals surface area contributed by atoms with E-state index in [4.69, 9.17) is 10.6 Å². The second-order valence-electron chi connectivity index (χ2n) is 3.88. The minimum Gasteiger partial charge on any atom is -0.380 e. The highest BCUT2D eigenvalue weighted by Gasteiger charge is 2.17. The van der Waals surface area contributed by atoms with Crippen LogP contribution in [0.5, 0.6) is 0 Å². The van der Waals surface area contributed by atoms with E-state index in [-0.39, 0.29) is 11.4 Å². The molecule has 1 rings (SSSR count). The molecule has 108 valence electrons. The van der Waals surface area contributed by atoms with E-state index in [1.807, 2.05) is 0 Å². The molecule has 1 aromatic rings. The first kappa shape index (κ1) is 15.8. The molecule has 0 bridgehead atoms. The standard InChI is InChI=1S/C11H20N4O3S/c1-2-3-7-18-8-6-14-19(16,17)11-9-13-5-4-10(11)15-12/h4-5,9,14H,2-3,6-8,12H2,1H3,(H,13,15). The Morgan fingerprint density at radius 3 is 2.89 bits per heavy atom. The van der Waals surface area contributed by atoms with E-state index in [1.165, 1.54) is 18.5 Å². The summed E-state index contributed by atoms with van der Waals surface area (Å²) in [5, 5.41) is 0. The molecule has 1 aromatic heterocycles. The molecule has 19 heavy (non-hydrogen) atoms. The minimum absolute atomic E-state index is 0.0195. The van der Waals surface area contributed by atoms with Crippen molar-refractivity contribution >= 4 is 15.7 Å². The number of hydrogen-bond acceptors (Lipinski definition) is 6. The maximum absolute atomic E-state index is 12.0. The number of pyridine rings is 1. The van der Waals surface area contributed by atoms with Crippen LogP contribution in [0.3, 0.4) is 0 Å². The Bertz CT molecular complexity index is 479. The molecule has 0 saturated carbocycles. The lowest BCUT2D eigenvalue weighted by Crippen LogP contribution is -2.28. The number of hydrogen-bond donors (Lipinski definition) is 3. The van der Waals surface area contributed by atoms with Crippen molar-refractivity contribution in [3.8, 4) is 0 Å². The number of nitrogen functional groups attached to an aromatic ring is 1. The van der Waals surface area contributed by atoms with Gasteiger partial charge in [-0.1, -0.05) is 13.3 Å². The number of nitrogens with two attached hydrogens (primary N) is 1. The van der Waals surface area contributed by atoms with Crippen LogP contribution in [0.25, 0.3) is 0 Å². The third-order valence-corrected chi connectivity index (χ3v) is 3.90. The monoisotopic (exact) mass is 288 g/mol. The molecular weight excluding hydrogens is 268 g/mol. The Balaban J connectivity index is 2.52. The van der Waals surface area contributed by atoms with E-state index < -0.39 is 10.0 Å². The molecule has 0 saturated heterocycles. The predicted molar refractivity (Wildman–Crippen MR) is 73.0 cm³/mol. The number of unbranched alkanes of at least 4 members (excludes halogenated alkanes) is 1. The van der Waals surface area contributed by atoms with Gasteiger partial charge in [-0.2, -0.15) is 0 Å². The molecule has 0 radical (unpaired) electrons. The maximum atomic E-state index is 12.0. The van der Waals surface area contributed by atoms with Gasteiger partial charge >= 0.3 is 0 Å². The fraction of sp³-hybridized carbons (Fsp3) is 0.545. The van der Waals surface area contributed by atoms with Gasteiger partial charge in [-0.05, 0) is 12.5 Å². The number of hydrazine groups is 1. The topological polar surface area (TPSA) is 106 Å². The van der Waals surface area contributed by atoms with Crippen LogP contribution >= 0.6 is 0 Å². The lowest BCUT2D eigenvalue weighted by Gasteiger charge is -2.10. The molecule has 0 atom stereocenters. The van der Waals surface area contributed by atoms with Crippen LogP contribution in [0, 0.1) is 0 Å². The molecule has 7 nitrogen and oxygen atoms in total. The normalized spacial score (nSPS) is 11.5. The van der Waals surface area contributed by atoms with Gasteiger partial charge in [0.2, 0.25) is 10.0 Å². The van der Waals surface area contributed by atoms with Gasteiger partial charge in [0.25, 0.3) is 0 Å². The maximum Gasteiger partial charge on any atom is 0.244 e. The van der Waals surface area contributed by atoms with Crippen LogP contribution < -0.4 is 16.0 Å². The summed E-state index contributed by atoms with van der Waals surface area (Å²) in [6.45, 7) is 3.26. The molecule has 0 aliphatic rings. The van der Waals surface area contributed by atoms with E-state index >= 15 is 0 Å². The first-order chi connectivity index (χ1) is 9.11. The number of ether oxygens (including phenoxy) is 1. The summed E-state index contributed by atoms with van der Waals surface area (Å²) in [5.41, 5.74) is 2.63. The zero-order valence-corrected chi connectivity index (χ0v) is 11.7. The molecule has 0 unspecified atom stereocenters. The molecule has 0 amide bonds. The fourth-order valence-corrected chi connectivity index (χ4v) is 2.51. The van der Waals surface area contributed by atoms with Crippen molar-refractivity contribution in [2.75, 3.05) is 25.2 Å². The average Bonchev–Trinajstić information content (AvgIpc) is 2.42. The summed E-state index contributed by atoms with van der Waals surface area (Å²) in [6, 6.07) is 1.49. The van der Waals surface area contributed by atoms with Crippen molar-refractivity contribution in [2.24, 2.45) is 5.84 Å². The first-order valence-electron chi connectivity index (χ1n) is 6.10. The molecule has 0 spiro atoms. The highest BCUT2D eigenvalue weighted by atomic mass is 32.2. The van der Waals surface area contributed by atoms with Gasteiger partial charge in [0, 0.05) is 25.5 Å². The van der Waals surface area contributed by atoms with Crippen LogP contribution in [-0.4, -0.2) is 33.2 Å². The van der Waals surface area contributed by atoms with Gasteiger partial charge in [-0.3, -0.25) is 10.8 Å². The van der Waals surface area contributed by atoms with E-state index in [9.17, 15) is 8.42 Å². The zero-order chi connectivity index (χ0) is 14.1. The van der Waals surface area contributed by atoms with Gasteiger partial charge in [0.15, 0.2) is 0 Å². The number of aromatic nitrogens is 1. The zero-order valence-electron chi connectivity index (χ0n) is 10.9. The minimum atomic E-state index is -3.63. The average molecular weight is 288 g/mol. The Morgan fingerprint density at radius 1 is 1.42 bits per heavy atom. The van der Waals surface area contributed by atoms with Crippen LogP contribution in [0.4, 0.5) is 5.69 Å². The second-order valence-corrected chi connectivity index (χ2v) is 5.62. The lowest BCUT2D eigenvalue weighted by molar-refractivity contribution is 0.136. The quantitative estimate of drug-likeness (QED) is 0.346. The largest absolute Gasteiger partial charge is 0.380 e. The van der Waals surface area contributed by atoms with Crippen LogP contribution in [-0.2, 0) is 14.8 Å². The van der Waals surface area contributed by atoms with Crippen molar-refractivity contribution in [3.63, 3.8) is 0 Å². The van der Waals surface area contributed by atoms with Crippen molar-refractivity contribution in [3.05, 3.63) is 18.5 Å². The molecule has 0 fully saturated rings. The van der Waals surface area contributed by atoms with Crippen LogP contribution in [0.15, 0.2) is 23.4 Å². The van der Waals surface area contributed by atoms with Gasteiger partial charge in [0.05, 0.1) is 12.3 Å². The second kappa shape index (κ2) is 8.05. The Labute approximate surface area is 113 Å². The van der Waals surface area contributed by atoms with Crippen molar-refractivity contribution < 1.29 is 13.2 Å². The van der Waals surface area contributed by atoms with Gasteiger partial charge < -0.3 is 10.2 Å². The highest BCUT2D eigenvalue weighted by molar-refractivity contribution is 7.89. The van der Waals surface area contributed by atoms with E-state index in [0.29, 0.717) is 18.9 Å². The van der Waals surface area contributed by atoms with Crippen molar-refractivity contribution in [2.45, 2.75) is 24.7 Å². The lowest BCUT2D eigenvalue weighted by atomic mass is 10.4. The first-order valence-corrected chi connectivity index (χ1v) is 7.58. The molecule has 0 aliphatic heterocycles. The SMILES string of the molecule is CCCCOCCNS(=O)(=O)c1cnccc1NN. The molecule has 8 heteroatoms. The number of nitrogens with one attached hydrogen (secondary N) is 2. The number of sulfonamides is 1. The van der Waals surface area contributed by atoms with Crippen molar-refractivity contribution in [1.82, 2.24) is 9.71 Å². The summed E-state index contributed by atoms with van der Waals surface area (Å²) in [4.78, 5) is 3.80.